The summed E-state index contributed by atoms with van der Waals surface area (Å²) in [5, 5.41) is 14.0. The van der Waals surface area contributed by atoms with Crippen molar-refractivity contribution in [2.75, 3.05) is 5.73 Å². The van der Waals surface area contributed by atoms with Crippen molar-refractivity contribution in [3.05, 3.63) is 58.2 Å². The van der Waals surface area contributed by atoms with Crippen molar-refractivity contribution >= 4 is 17.4 Å². The van der Waals surface area contributed by atoms with Crippen LogP contribution in [0.3, 0.4) is 0 Å². The third-order valence-electron chi connectivity index (χ3n) is 3.70. The molecule has 0 saturated heterocycles. The zero-order chi connectivity index (χ0) is 19.1. The van der Waals surface area contributed by atoms with Gasteiger partial charge in [-0.05, 0) is 30.7 Å². The number of nitrogen functional groups attached to an aromatic ring is 1. The van der Waals surface area contributed by atoms with Gasteiger partial charge in [-0.15, -0.1) is 0 Å². The van der Waals surface area contributed by atoms with Crippen LogP contribution in [-0.4, -0.2) is 14.8 Å². The molecule has 3 aromatic rings. The number of alkyl halides is 3. The van der Waals surface area contributed by atoms with Gasteiger partial charge in [0.1, 0.15) is 23.1 Å². The van der Waals surface area contributed by atoms with Crippen LogP contribution in [0.2, 0.25) is 5.02 Å². The topological polar surface area (TPSA) is 80.5 Å². The average molecular weight is 378 g/mol. The number of nitrogens with zero attached hydrogens (tertiary/aromatic N) is 4. The molecule has 5 nitrogen and oxygen atoms in total. The fourth-order valence-corrected chi connectivity index (χ4v) is 2.75. The lowest BCUT2D eigenvalue weighted by Crippen LogP contribution is -2.09. The molecule has 2 heterocycles. The van der Waals surface area contributed by atoms with Crippen LogP contribution in [0.4, 0.5) is 19.0 Å². The maximum Gasteiger partial charge on any atom is 0.416 e. The van der Waals surface area contributed by atoms with E-state index in [1.54, 1.807) is 18.2 Å². The quantitative estimate of drug-likeness (QED) is 0.719. The van der Waals surface area contributed by atoms with Gasteiger partial charge in [0.25, 0.3) is 0 Å². The molecule has 0 amide bonds. The van der Waals surface area contributed by atoms with E-state index in [1.165, 1.54) is 0 Å². The highest BCUT2D eigenvalue weighted by molar-refractivity contribution is 6.33. The van der Waals surface area contributed by atoms with Crippen molar-refractivity contribution in [2.45, 2.75) is 13.1 Å². The molecule has 0 radical (unpaired) electrons. The predicted octanol–water partition coefficient (Wildman–Crippen LogP) is 4.37. The molecule has 132 valence electrons. The number of aryl methyl sites for hydroxylation is 1. The number of aromatic nitrogens is 3. The first-order valence-electron chi connectivity index (χ1n) is 7.31. The molecule has 0 fully saturated rings. The summed E-state index contributed by atoms with van der Waals surface area (Å²) in [6.07, 6.45) is -3.54. The number of nitriles is 1. The largest absolute Gasteiger partial charge is 0.416 e. The molecular formula is C17H11ClF3N5. The molecule has 0 bridgehead atoms. The summed E-state index contributed by atoms with van der Waals surface area (Å²) in [4.78, 5) is 3.88. The summed E-state index contributed by atoms with van der Waals surface area (Å²) in [6.45, 7) is 1.85. The molecule has 9 heteroatoms. The van der Waals surface area contributed by atoms with Crippen LogP contribution in [-0.2, 0) is 6.18 Å². The van der Waals surface area contributed by atoms with E-state index in [1.807, 2.05) is 13.0 Å². The second-order valence-electron chi connectivity index (χ2n) is 5.52. The second kappa shape index (κ2) is 6.35. The van der Waals surface area contributed by atoms with Gasteiger partial charge in [-0.25, -0.2) is 4.98 Å². The highest BCUT2D eigenvalue weighted by Crippen LogP contribution is 2.34. The number of pyridine rings is 1. The number of anilines is 1. The molecule has 1 aromatic carbocycles. The van der Waals surface area contributed by atoms with Gasteiger partial charge in [0, 0.05) is 11.8 Å². The van der Waals surface area contributed by atoms with E-state index in [2.05, 4.69) is 10.1 Å². The van der Waals surface area contributed by atoms with Crippen LogP contribution >= 0.6 is 11.6 Å². The number of hydrogen-bond acceptors (Lipinski definition) is 4. The zero-order valence-electron chi connectivity index (χ0n) is 13.3. The standard InChI is InChI=1S/C17H11ClF3N5/c1-9-2-3-11(13(18)6-9)15-12(8-22)16(23)26(25-15)14-7-10(4-5-24-14)17(19,20)21/h2-7H,23H2,1H3. The van der Waals surface area contributed by atoms with Gasteiger partial charge in [0.05, 0.1) is 10.6 Å². The fraction of sp³-hybridized carbons (Fsp3) is 0.118. The van der Waals surface area contributed by atoms with Crippen LogP contribution in [0.5, 0.6) is 0 Å². The van der Waals surface area contributed by atoms with E-state index in [-0.39, 0.29) is 22.9 Å². The number of halogens is 4. The lowest BCUT2D eigenvalue weighted by molar-refractivity contribution is -0.137. The minimum Gasteiger partial charge on any atom is -0.382 e. The predicted molar refractivity (Wildman–Crippen MR) is 90.7 cm³/mol. The monoisotopic (exact) mass is 377 g/mol. The first kappa shape index (κ1) is 17.8. The van der Waals surface area contributed by atoms with E-state index >= 15 is 0 Å². The minimum atomic E-state index is -4.54. The number of benzene rings is 1. The molecule has 3 rings (SSSR count). The molecule has 0 saturated carbocycles. The van der Waals surface area contributed by atoms with Crippen molar-refractivity contribution in [3.8, 4) is 23.1 Å². The van der Waals surface area contributed by atoms with Gasteiger partial charge in [-0.3, -0.25) is 0 Å². The average Bonchev–Trinajstić information content (AvgIpc) is 2.90. The van der Waals surface area contributed by atoms with E-state index in [9.17, 15) is 18.4 Å². The smallest absolute Gasteiger partial charge is 0.382 e. The van der Waals surface area contributed by atoms with Crippen molar-refractivity contribution in [3.63, 3.8) is 0 Å². The van der Waals surface area contributed by atoms with Crippen LogP contribution in [0.15, 0.2) is 36.5 Å². The summed E-state index contributed by atoms with van der Waals surface area (Å²) >= 11 is 6.22. The third kappa shape index (κ3) is 3.09. The van der Waals surface area contributed by atoms with Gasteiger partial charge < -0.3 is 5.73 Å². The SMILES string of the molecule is Cc1ccc(-c2nn(-c3cc(C(F)(F)F)ccn3)c(N)c2C#N)c(Cl)c1. The Bertz CT molecular complexity index is 1030. The maximum absolute atomic E-state index is 12.9. The highest BCUT2D eigenvalue weighted by atomic mass is 35.5. The molecule has 0 spiro atoms. The van der Waals surface area contributed by atoms with E-state index < -0.39 is 11.7 Å². The maximum atomic E-state index is 12.9. The van der Waals surface area contributed by atoms with E-state index in [0.29, 0.717) is 10.6 Å². The minimum absolute atomic E-state index is 0.00923. The van der Waals surface area contributed by atoms with Gasteiger partial charge >= 0.3 is 6.18 Å². The molecule has 26 heavy (non-hydrogen) atoms. The van der Waals surface area contributed by atoms with Gasteiger partial charge in [-0.2, -0.15) is 28.2 Å². The number of hydrogen-bond donors (Lipinski definition) is 1. The number of rotatable bonds is 2. The van der Waals surface area contributed by atoms with Crippen LogP contribution in [0.25, 0.3) is 17.1 Å². The van der Waals surface area contributed by atoms with Crippen LogP contribution in [0, 0.1) is 18.3 Å². The summed E-state index contributed by atoms with van der Waals surface area (Å²) in [7, 11) is 0. The molecule has 0 unspecified atom stereocenters. The Balaban J connectivity index is 2.20. The Hall–Kier alpha value is -3.05. The molecule has 0 aliphatic heterocycles. The summed E-state index contributed by atoms with van der Waals surface area (Å²) < 4.78 is 39.8. The van der Waals surface area contributed by atoms with E-state index in [0.717, 1.165) is 28.6 Å². The van der Waals surface area contributed by atoms with Gasteiger partial charge in [0.15, 0.2) is 5.82 Å². The fourth-order valence-electron chi connectivity index (χ4n) is 2.43. The Kier molecular flexibility index (Phi) is 4.34. The zero-order valence-corrected chi connectivity index (χ0v) is 14.1. The van der Waals surface area contributed by atoms with Crippen molar-refractivity contribution in [1.82, 2.24) is 14.8 Å². The Morgan fingerprint density at radius 1 is 1.23 bits per heavy atom. The van der Waals surface area contributed by atoms with Crippen molar-refractivity contribution < 1.29 is 13.2 Å². The first-order chi connectivity index (χ1) is 12.2. The van der Waals surface area contributed by atoms with Gasteiger partial charge in [0.2, 0.25) is 0 Å². The van der Waals surface area contributed by atoms with Gasteiger partial charge in [-0.1, -0.05) is 23.7 Å². The molecule has 2 aromatic heterocycles. The van der Waals surface area contributed by atoms with Crippen molar-refractivity contribution in [1.29, 1.82) is 5.26 Å². The summed E-state index contributed by atoms with van der Waals surface area (Å²) in [6, 6.07) is 8.71. The third-order valence-corrected chi connectivity index (χ3v) is 4.02. The lowest BCUT2D eigenvalue weighted by Gasteiger charge is -2.08. The number of nitrogens with two attached hydrogens (primary N) is 1. The molecule has 0 aliphatic rings. The highest BCUT2D eigenvalue weighted by Gasteiger charge is 2.31. The summed E-state index contributed by atoms with van der Waals surface area (Å²) in [5.41, 5.74) is 6.58. The molecule has 0 atom stereocenters. The normalized spacial score (nSPS) is 11.4. The van der Waals surface area contributed by atoms with E-state index in [4.69, 9.17) is 17.3 Å². The molecule has 0 aliphatic carbocycles. The Morgan fingerprint density at radius 2 is 1.96 bits per heavy atom. The lowest BCUT2D eigenvalue weighted by atomic mass is 10.1. The Morgan fingerprint density at radius 3 is 2.58 bits per heavy atom. The van der Waals surface area contributed by atoms with Crippen molar-refractivity contribution in [2.24, 2.45) is 0 Å². The Labute approximate surface area is 151 Å². The molecule has 2 N–H and O–H groups in total. The first-order valence-corrected chi connectivity index (χ1v) is 7.69. The molecular weight excluding hydrogens is 367 g/mol. The summed E-state index contributed by atoms with van der Waals surface area (Å²) in [5.74, 6) is -0.269. The van der Waals surface area contributed by atoms with Crippen LogP contribution < -0.4 is 5.73 Å². The van der Waals surface area contributed by atoms with Crippen LogP contribution in [0.1, 0.15) is 16.7 Å². The second-order valence-corrected chi connectivity index (χ2v) is 5.92.